The van der Waals surface area contributed by atoms with Crippen molar-refractivity contribution in [1.82, 2.24) is 14.9 Å². The van der Waals surface area contributed by atoms with Gasteiger partial charge in [0.25, 0.3) is 0 Å². The van der Waals surface area contributed by atoms with Gasteiger partial charge < -0.3 is 15.6 Å². The first kappa shape index (κ1) is 14.0. The first-order chi connectivity index (χ1) is 9.13. The van der Waals surface area contributed by atoms with Crippen molar-refractivity contribution in [2.75, 3.05) is 31.1 Å². The average molecular weight is 280 g/mol. The van der Waals surface area contributed by atoms with Gasteiger partial charge >= 0.3 is 0 Å². The number of hydrogen-bond donors (Lipinski definition) is 2. The monoisotopic (exact) mass is 280 g/mol. The van der Waals surface area contributed by atoms with Crippen LogP contribution in [-0.2, 0) is 10.8 Å². The Bertz CT molecular complexity index is 577. The zero-order valence-electron chi connectivity index (χ0n) is 11.3. The molecule has 2 aromatic rings. The van der Waals surface area contributed by atoms with Crippen LogP contribution in [-0.4, -0.2) is 44.5 Å². The Labute approximate surface area is 115 Å². The Morgan fingerprint density at radius 3 is 2.79 bits per heavy atom. The van der Waals surface area contributed by atoms with Crippen molar-refractivity contribution < 1.29 is 4.21 Å². The molecule has 0 saturated carbocycles. The van der Waals surface area contributed by atoms with Gasteiger partial charge in [0.15, 0.2) is 5.16 Å². The van der Waals surface area contributed by atoms with Crippen molar-refractivity contribution in [1.29, 1.82) is 0 Å². The predicted octanol–water partition coefficient (Wildman–Crippen LogP) is 1.59. The molecule has 0 radical (unpaired) electrons. The Kier molecular flexibility index (Phi) is 4.55. The maximum Gasteiger partial charge on any atom is 0.197 e. The topological polar surface area (TPSA) is 75.0 Å². The largest absolute Gasteiger partial charge is 0.399 e. The number of nitrogens with two attached hydrogens (primary N) is 1. The summed E-state index contributed by atoms with van der Waals surface area (Å²) in [5.74, 6) is 0.594. The highest BCUT2D eigenvalue weighted by atomic mass is 32.2. The molecule has 0 spiro atoms. The molecule has 1 aromatic heterocycles. The number of nitrogens with zero attached hydrogens (tertiary/aromatic N) is 2. The van der Waals surface area contributed by atoms with Gasteiger partial charge in [0.05, 0.1) is 21.8 Å². The third-order valence-corrected chi connectivity index (χ3v) is 4.37. The smallest absolute Gasteiger partial charge is 0.197 e. The molecule has 0 amide bonds. The number of hydrogen-bond acceptors (Lipinski definition) is 4. The van der Waals surface area contributed by atoms with Crippen LogP contribution in [0.5, 0.6) is 0 Å². The number of anilines is 1. The fourth-order valence-corrected chi connectivity index (χ4v) is 3.00. The van der Waals surface area contributed by atoms with E-state index in [1.54, 1.807) is 6.07 Å². The summed E-state index contributed by atoms with van der Waals surface area (Å²) in [5.41, 5.74) is 8.04. The fourth-order valence-electron chi connectivity index (χ4n) is 1.96. The van der Waals surface area contributed by atoms with E-state index < -0.39 is 10.8 Å². The number of imidazole rings is 1. The van der Waals surface area contributed by atoms with Crippen molar-refractivity contribution in [3.63, 3.8) is 0 Å². The maximum atomic E-state index is 12.2. The highest BCUT2D eigenvalue weighted by Crippen LogP contribution is 2.16. The summed E-state index contributed by atoms with van der Waals surface area (Å²) in [5, 5.41) is 0.535. The normalized spacial score (nSPS) is 13.2. The van der Waals surface area contributed by atoms with Crippen molar-refractivity contribution >= 4 is 27.5 Å². The number of aromatic nitrogens is 2. The fraction of sp³-hybridized carbons (Fsp3) is 0.462. The van der Waals surface area contributed by atoms with E-state index in [1.165, 1.54) is 0 Å². The van der Waals surface area contributed by atoms with Crippen LogP contribution in [0.15, 0.2) is 23.4 Å². The standard InChI is InChI=1S/C13H20N4OS/c1-3-17(4-2)7-8-19(18)13-15-11-6-5-10(14)9-12(11)16-13/h5-6,9H,3-4,7-8,14H2,1-2H3,(H,15,16). The molecular weight excluding hydrogens is 260 g/mol. The number of fused-ring (bicyclic) bond motifs is 1. The summed E-state index contributed by atoms with van der Waals surface area (Å²) in [6.45, 7) is 6.99. The Hall–Kier alpha value is -1.40. The molecule has 1 unspecified atom stereocenters. The molecule has 1 heterocycles. The van der Waals surface area contributed by atoms with Gasteiger partial charge in [-0.3, -0.25) is 4.21 Å². The lowest BCUT2D eigenvalue weighted by Gasteiger charge is -2.16. The van der Waals surface area contributed by atoms with E-state index in [1.807, 2.05) is 12.1 Å². The Morgan fingerprint density at radius 1 is 1.37 bits per heavy atom. The minimum atomic E-state index is -1.10. The van der Waals surface area contributed by atoms with Crippen molar-refractivity contribution in [2.24, 2.45) is 0 Å². The van der Waals surface area contributed by atoms with Gasteiger partial charge in [0, 0.05) is 18.0 Å². The van der Waals surface area contributed by atoms with E-state index in [9.17, 15) is 4.21 Å². The molecule has 0 aliphatic heterocycles. The van der Waals surface area contributed by atoms with Gasteiger partial charge in [0.1, 0.15) is 0 Å². The van der Waals surface area contributed by atoms with Gasteiger partial charge in [-0.2, -0.15) is 0 Å². The molecule has 3 N–H and O–H groups in total. The number of aromatic amines is 1. The molecule has 19 heavy (non-hydrogen) atoms. The maximum absolute atomic E-state index is 12.2. The second-order valence-corrected chi connectivity index (χ2v) is 5.88. The highest BCUT2D eigenvalue weighted by Gasteiger charge is 2.11. The Balaban J connectivity index is 2.09. The third-order valence-electron chi connectivity index (χ3n) is 3.19. The lowest BCUT2D eigenvalue weighted by atomic mass is 10.3. The van der Waals surface area contributed by atoms with E-state index in [4.69, 9.17) is 5.73 Å². The van der Waals surface area contributed by atoms with Crippen molar-refractivity contribution in [2.45, 2.75) is 19.0 Å². The van der Waals surface area contributed by atoms with Crippen LogP contribution in [0.3, 0.4) is 0 Å². The Morgan fingerprint density at radius 2 is 2.11 bits per heavy atom. The molecule has 6 heteroatoms. The van der Waals surface area contributed by atoms with Crippen LogP contribution in [0.25, 0.3) is 11.0 Å². The minimum Gasteiger partial charge on any atom is -0.399 e. The van der Waals surface area contributed by atoms with Gasteiger partial charge in [-0.1, -0.05) is 13.8 Å². The summed E-state index contributed by atoms with van der Waals surface area (Å²) in [7, 11) is -1.10. The van der Waals surface area contributed by atoms with Crippen LogP contribution in [0.2, 0.25) is 0 Å². The van der Waals surface area contributed by atoms with E-state index in [0.29, 0.717) is 16.6 Å². The molecular formula is C13H20N4OS. The second-order valence-electron chi connectivity index (χ2n) is 4.40. The average Bonchev–Trinajstić information content (AvgIpc) is 2.82. The molecule has 0 saturated heterocycles. The van der Waals surface area contributed by atoms with Gasteiger partial charge in [0.2, 0.25) is 0 Å². The van der Waals surface area contributed by atoms with E-state index in [2.05, 4.69) is 28.7 Å². The quantitative estimate of drug-likeness (QED) is 0.788. The number of nitrogens with one attached hydrogen (secondary N) is 1. The first-order valence-electron chi connectivity index (χ1n) is 6.50. The van der Waals surface area contributed by atoms with Crippen LogP contribution in [0.1, 0.15) is 13.8 Å². The van der Waals surface area contributed by atoms with Crippen LogP contribution >= 0.6 is 0 Å². The van der Waals surface area contributed by atoms with Gasteiger partial charge in [-0.25, -0.2) is 4.98 Å². The van der Waals surface area contributed by atoms with E-state index >= 15 is 0 Å². The van der Waals surface area contributed by atoms with Gasteiger partial charge in [-0.05, 0) is 31.3 Å². The number of benzene rings is 1. The summed E-state index contributed by atoms with van der Waals surface area (Å²) < 4.78 is 12.2. The third kappa shape index (κ3) is 3.33. The minimum absolute atomic E-state index is 0.535. The first-order valence-corrected chi connectivity index (χ1v) is 7.82. The highest BCUT2D eigenvalue weighted by molar-refractivity contribution is 7.84. The molecule has 0 aliphatic rings. The molecule has 0 fully saturated rings. The number of H-pyrrole nitrogens is 1. The van der Waals surface area contributed by atoms with Crippen LogP contribution in [0, 0.1) is 0 Å². The number of rotatable bonds is 6. The molecule has 0 bridgehead atoms. The summed E-state index contributed by atoms with van der Waals surface area (Å²) >= 11 is 0. The molecule has 2 rings (SSSR count). The molecule has 0 aliphatic carbocycles. The van der Waals surface area contributed by atoms with Crippen molar-refractivity contribution in [3.8, 4) is 0 Å². The lowest BCUT2D eigenvalue weighted by molar-refractivity contribution is 0.323. The zero-order chi connectivity index (χ0) is 13.8. The molecule has 5 nitrogen and oxygen atoms in total. The SMILES string of the molecule is CCN(CC)CCS(=O)c1nc2ccc(N)cc2[nH]1. The number of nitrogen functional groups attached to an aromatic ring is 1. The second kappa shape index (κ2) is 6.16. The molecule has 104 valence electrons. The van der Waals surface area contributed by atoms with Crippen LogP contribution < -0.4 is 5.73 Å². The van der Waals surface area contributed by atoms with E-state index in [0.717, 1.165) is 30.7 Å². The van der Waals surface area contributed by atoms with Crippen LogP contribution in [0.4, 0.5) is 5.69 Å². The molecule has 1 aromatic carbocycles. The summed E-state index contributed by atoms with van der Waals surface area (Å²) in [6, 6.07) is 5.45. The van der Waals surface area contributed by atoms with Crippen molar-refractivity contribution in [3.05, 3.63) is 18.2 Å². The van der Waals surface area contributed by atoms with E-state index in [-0.39, 0.29) is 0 Å². The summed E-state index contributed by atoms with van der Waals surface area (Å²) in [6.07, 6.45) is 0. The summed E-state index contributed by atoms with van der Waals surface area (Å²) in [4.78, 5) is 9.69. The van der Waals surface area contributed by atoms with Gasteiger partial charge in [-0.15, -0.1) is 0 Å². The lowest BCUT2D eigenvalue weighted by Crippen LogP contribution is -2.27. The molecule has 1 atom stereocenters. The predicted molar refractivity (Wildman–Crippen MR) is 79.6 cm³/mol. The zero-order valence-corrected chi connectivity index (χ0v) is 12.2.